The first-order chi connectivity index (χ1) is 10.2. The number of rotatable bonds is 8. The molecule has 1 rings (SSSR count). The Morgan fingerprint density at radius 1 is 1.22 bits per heavy atom. The van der Waals surface area contributed by atoms with Crippen molar-refractivity contribution in [3.8, 4) is 11.5 Å². The van der Waals surface area contributed by atoms with Crippen molar-refractivity contribution < 1.29 is 17.9 Å². The van der Waals surface area contributed by atoms with Crippen LogP contribution in [-0.2, 0) is 10.0 Å². The Bertz CT molecular complexity index is 611. The number of sulfonamides is 1. The summed E-state index contributed by atoms with van der Waals surface area (Å²) in [7, 11) is -0.877. The van der Waals surface area contributed by atoms with E-state index in [4.69, 9.17) is 15.2 Å². The maximum absolute atomic E-state index is 12.6. The molecule has 0 spiro atoms. The molecule has 0 saturated carbocycles. The molecule has 0 aliphatic heterocycles. The van der Waals surface area contributed by atoms with Gasteiger partial charge in [-0.25, -0.2) is 13.1 Å². The average Bonchev–Trinajstić information content (AvgIpc) is 2.45. The number of halogens is 2. The first-order valence-corrected chi connectivity index (χ1v) is 9.16. The van der Waals surface area contributed by atoms with Gasteiger partial charge in [-0.2, -0.15) is 0 Å². The van der Waals surface area contributed by atoms with Gasteiger partial charge in [0, 0.05) is 18.7 Å². The number of hydrogen-bond acceptors (Lipinski definition) is 5. The van der Waals surface area contributed by atoms with E-state index in [1.165, 1.54) is 20.3 Å². The summed E-state index contributed by atoms with van der Waals surface area (Å²) < 4.78 is 38.8. The van der Waals surface area contributed by atoms with Gasteiger partial charge in [0.1, 0.15) is 16.4 Å². The van der Waals surface area contributed by atoms with Crippen molar-refractivity contribution >= 4 is 38.4 Å². The summed E-state index contributed by atoms with van der Waals surface area (Å²) in [6.45, 7) is 4.26. The first kappa shape index (κ1) is 22.5. The van der Waals surface area contributed by atoms with Crippen LogP contribution in [-0.4, -0.2) is 35.2 Å². The van der Waals surface area contributed by atoms with Crippen molar-refractivity contribution in [2.75, 3.05) is 20.8 Å². The van der Waals surface area contributed by atoms with Gasteiger partial charge in [-0.3, -0.25) is 0 Å². The van der Waals surface area contributed by atoms with E-state index in [2.05, 4.69) is 20.7 Å². The largest absolute Gasteiger partial charge is 0.496 e. The van der Waals surface area contributed by atoms with Crippen LogP contribution in [0.25, 0.3) is 0 Å². The van der Waals surface area contributed by atoms with E-state index < -0.39 is 10.0 Å². The van der Waals surface area contributed by atoms with Gasteiger partial charge in [-0.15, -0.1) is 12.4 Å². The molecule has 0 bridgehead atoms. The third-order valence-electron chi connectivity index (χ3n) is 3.09. The highest BCUT2D eigenvalue weighted by Crippen LogP contribution is 2.35. The van der Waals surface area contributed by atoms with Gasteiger partial charge in [-0.05, 0) is 34.3 Å². The van der Waals surface area contributed by atoms with E-state index in [1.807, 2.05) is 13.8 Å². The van der Waals surface area contributed by atoms with Crippen LogP contribution in [0, 0.1) is 5.92 Å². The number of hydrogen-bond donors (Lipinski definition) is 2. The molecule has 0 radical (unpaired) electrons. The molecule has 1 atom stereocenters. The highest BCUT2D eigenvalue weighted by molar-refractivity contribution is 9.10. The molecule has 9 heteroatoms. The summed E-state index contributed by atoms with van der Waals surface area (Å²) in [5.74, 6) is 0.979. The molecule has 134 valence electrons. The number of nitrogens with two attached hydrogens (primary N) is 1. The van der Waals surface area contributed by atoms with Gasteiger partial charge in [0.15, 0.2) is 0 Å². The SMILES string of the molecule is COc1cc(S(=O)(=O)NC(CN)CC(C)C)c(OC)cc1Br.Cl. The lowest BCUT2D eigenvalue weighted by atomic mass is 10.1. The van der Waals surface area contributed by atoms with Crippen molar-refractivity contribution in [2.45, 2.75) is 31.2 Å². The molecule has 1 unspecified atom stereocenters. The van der Waals surface area contributed by atoms with Crippen molar-refractivity contribution in [2.24, 2.45) is 11.7 Å². The third kappa shape index (κ3) is 6.11. The lowest BCUT2D eigenvalue weighted by Crippen LogP contribution is -2.41. The van der Waals surface area contributed by atoms with Crippen LogP contribution >= 0.6 is 28.3 Å². The zero-order chi connectivity index (χ0) is 16.9. The van der Waals surface area contributed by atoms with Gasteiger partial charge < -0.3 is 15.2 Å². The molecule has 0 heterocycles. The fraction of sp³-hybridized carbons (Fsp3) is 0.571. The molecule has 0 fully saturated rings. The Morgan fingerprint density at radius 2 is 1.78 bits per heavy atom. The van der Waals surface area contributed by atoms with Gasteiger partial charge in [0.2, 0.25) is 10.0 Å². The van der Waals surface area contributed by atoms with Crippen molar-refractivity contribution in [3.63, 3.8) is 0 Å². The zero-order valence-corrected chi connectivity index (χ0v) is 16.8. The molecule has 1 aromatic carbocycles. The summed E-state index contributed by atoms with van der Waals surface area (Å²) in [5.41, 5.74) is 5.67. The maximum atomic E-state index is 12.6. The van der Waals surface area contributed by atoms with Crippen molar-refractivity contribution in [1.82, 2.24) is 4.72 Å². The summed E-state index contributed by atoms with van der Waals surface area (Å²) in [6.07, 6.45) is 0.658. The van der Waals surface area contributed by atoms with Gasteiger partial charge in [0.05, 0.1) is 18.7 Å². The fourth-order valence-corrected chi connectivity index (χ4v) is 4.00. The van der Waals surface area contributed by atoms with Gasteiger partial charge >= 0.3 is 0 Å². The Hall–Kier alpha value is -0.540. The number of benzene rings is 1. The molecule has 0 aromatic heterocycles. The average molecular weight is 432 g/mol. The second-order valence-corrected chi connectivity index (χ2v) is 7.86. The second kappa shape index (κ2) is 9.68. The highest BCUT2D eigenvalue weighted by atomic mass is 79.9. The standard InChI is InChI=1S/C14H23BrN2O4S.ClH/c1-9(2)5-10(8-16)17-22(18,19)14-7-12(20-3)11(15)6-13(14)21-4;/h6-7,9-10,17H,5,8,16H2,1-4H3;1H. The van der Waals surface area contributed by atoms with Gasteiger partial charge in [0.25, 0.3) is 0 Å². The molecule has 0 aliphatic rings. The van der Waals surface area contributed by atoms with Crippen LogP contribution in [0.15, 0.2) is 21.5 Å². The van der Waals surface area contributed by atoms with Crippen LogP contribution in [0.4, 0.5) is 0 Å². The van der Waals surface area contributed by atoms with Crippen LogP contribution in [0.5, 0.6) is 11.5 Å². The number of ether oxygens (including phenoxy) is 2. The molecule has 23 heavy (non-hydrogen) atoms. The highest BCUT2D eigenvalue weighted by Gasteiger charge is 2.25. The minimum Gasteiger partial charge on any atom is -0.496 e. The topological polar surface area (TPSA) is 90.7 Å². The first-order valence-electron chi connectivity index (χ1n) is 6.89. The molecular weight excluding hydrogens is 408 g/mol. The van der Waals surface area contributed by atoms with Crippen LogP contribution in [0.3, 0.4) is 0 Å². The fourth-order valence-electron chi connectivity index (χ4n) is 2.09. The molecule has 3 N–H and O–H groups in total. The molecule has 0 aliphatic carbocycles. The smallest absolute Gasteiger partial charge is 0.244 e. The maximum Gasteiger partial charge on any atom is 0.244 e. The van der Waals surface area contributed by atoms with E-state index in [-0.39, 0.29) is 35.6 Å². The van der Waals surface area contributed by atoms with E-state index in [0.717, 1.165) is 0 Å². The Kier molecular flexibility index (Phi) is 9.46. The van der Waals surface area contributed by atoms with E-state index in [9.17, 15) is 8.42 Å². The Balaban J connectivity index is 0.00000484. The van der Waals surface area contributed by atoms with Crippen molar-refractivity contribution in [3.05, 3.63) is 16.6 Å². The van der Waals surface area contributed by atoms with E-state index in [1.54, 1.807) is 6.07 Å². The molecule has 0 saturated heterocycles. The minimum absolute atomic E-state index is 0. The lowest BCUT2D eigenvalue weighted by molar-refractivity contribution is 0.389. The summed E-state index contributed by atoms with van der Waals surface area (Å²) >= 11 is 3.31. The van der Waals surface area contributed by atoms with Crippen LogP contribution in [0.2, 0.25) is 0 Å². The summed E-state index contributed by atoms with van der Waals surface area (Å²) in [5, 5.41) is 0. The molecule has 0 amide bonds. The van der Waals surface area contributed by atoms with Crippen LogP contribution in [0.1, 0.15) is 20.3 Å². The molecular formula is C14H24BrClN2O4S. The van der Waals surface area contributed by atoms with E-state index >= 15 is 0 Å². The predicted molar refractivity (Wildman–Crippen MR) is 97.1 cm³/mol. The summed E-state index contributed by atoms with van der Waals surface area (Å²) in [6, 6.07) is 2.66. The van der Waals surface area contributed by atoms with E-state index in [0.29, 0.717) is 22.6 Å². The quantitative estimate of drug-likeness (QED) is 0.660. The van der Waals surface area contributed by atoms with Crippen molar-refractivity contribution in [1.29, 1.82) is 0 Å². The zero-order valence-electron chi connectivity index (χ0n) is 13.6. The normalized spacial score (nSPS) is 12.7. The molecule has 1 aromatic rings. The second-order valence-electron chi connectivity index (χ2n) is 5.32. The Morgan fingerprint density at radius 3 is 2.22 bits per heavy atom. The lowest BCUT2D eigenvalue weighted by Gasteiger charge is -2.20. The number of nitrogens with one attached hydrogen (secondary N) is 1. The Labute approximate surface area is 152 Å². The predicted octanol–water partition coefficient (Wildman–Crippen LogP) is 2.54. The van der Waals surface area contributed by atoms with Crippen LogP contribution < -0.4 is 19.9 Å². The third-order valence-corrected chi connectivity index (χ3v) is 5.25. The van der Waals surface area contributed by atoms with Gasteiger partial charge in [-0.1, -0.05) is 13.8 Å². The molecule has 6 nitrogen and oxygen atoms in total. The summed E-state index contributed by atoms with van der Waals surface area (Å²) in [4.78, 5) is 0.0252. The number of methoxy groups -OCH3 is 2. The monoisotopic (exact) mass is 430 g/mol. The minimum atomic E-state index is -3.77.